The Hall–Kier alpha value is -1.18. The number of hydrogen-bond donors (Lipinski definition) is 2. The predicted molar refractivity (Wildman–Crippen MR) is 109 cm³/mol. The largest absolute Gasteiger partial charge is 0.457 e. The highest BCUT2D eigenvalue weighted by Crippen LogP contribution is 2.24. The van der Waals surface area contributed by atoms with Gasteiger partial charge in [-0.05, 0) is 12.8 Å². The Kier molecular flexibility index (Phi) is 13.9. The molecule has 0 unspecified atom stereocenters. The van der Waals surface area contributed by atoms with Gasteiger partial charge in [0.2, 0.25) is 0 Å². The number of ether oxygens (including phenoxy) is 3. The van der Waals surface area contributed by atoms with Gasteiger partial charge in [-0.1, -0.05) is 65.2 Å². The second-order valence-corrected chi connectivity index (χ2v) is 7.86. The maximum absolute atomic E-state index is 12.1. The quantitative estimate of drug-likeness (QED) is 0.294. The third-order valence-electron chi connectivity index (χ3n) is 5.23. The number of carbonyl (C=O) groups is 2. The van der Waals surface area contributed by atoms with Crippen LogP contribution in [-0.2, 0) is 23.8 Å². The van der Waals surface area contributed by atoms with Crippen LogP contribution in [0.25, 0.3) is 0 Å². The summed E-state index contributed by atoms with van der Waals surface area (Å²) in [5, 5.41) is 19.8. The minimum absolute atomic E-state index is 0.0236. The van der Waals surface area contributed by atoms with Gasteiger partial charge in [-0.25, -0.2) is 0 Å². The molecule has 0 aliphatic carbocycles. The lowest BCUT2D eigenvalue weighted by Crippen LogP contribution is -2.45. The van der Waals surface area contributed by atoms with Crippen molar-refractivity contribution in [1.82, 2.24) is 0 Å². The minimum Gasteiger partial charge on any atom is -0.457 e. The van der Waals surface area contributed by atoms with Crippen molar-refractivity contribution in [3.05, 3.63) is 0 Å². The van der Waals surface area contributed by atoms with Gasteiger partial charge in [0.25, 0.3) is 0 Å². The molecule has 0 spiro atoms. The predicted octanol–water partition coefficient (Wildman–Crippen LogP) is 3.28. The number of unbranched alkanes of at least 4 members (excludes halogenated alkanes) is 8. The van der Waals surface area contributed by atoms with E-state index in [9.17, 15) is 19.8 Å². The summed E-state index contributed by atoms with van der Waals surface area (Å²) in [4.78, 5) is 24.2. The number of carbonyl (C=O) groups excluding carboxylic acids is 2. The molecule has 170 valence electrons. The van der Waals surface area contributed by atoms with Crippen LogP contribution in [0.1, 0.15) is 90.9 Å². The van der Waals surface area contributed by atoms with Crippen molar-refractivity contribution in [2.24, 2.45) is 0 Å². The van der Waals surface area contributed by atoms with Gasteiger partial charge in [0.15, 0.2) is 12.2 Å². The SMILES string of the molecule is CCCCCCCC(=O)O[C@H]1[C@@H]([C@@H](CO)OC(=O)CCCCCCC)OC[C@@H]1O. The third kappa shape index (κ3) is 10.4. The second kappa shape index (κ2) is 15.6. The molecule has 0 amide bonds. The van der Waals surface area contributed by atoms with Crippen molar-refractivity contribution in [3.63, 3.8) is 0 Å². The molecular weight excluding hydrogens is 376 g/mol. The van der Waals surface area contributed by atoms with Crippen LogP contribution >= 0.6 is 0 Å². The lowest BCUT2D eigenvalue weighted by molar-refractivity contribution is -0.171. The Bertz CT molecular complexity index is 454. The van der Waals surface area contributed by atoms with E-state index in [0.717, 1.165) is 64.2 Å². The average Bonchev–Trinajstić information content (AvgIpc) is 3.06. The van der Waals surface area contributed by atoms with Crippen molar-refractivity contribution >= 4 is 11.9 Å². The molecule has 4 atom stereocenters. The summed E-state index contributed by atoms with van der Waals surface area (Å²) in [6.07, 6.45) is 6.94. The topological polar surface area (TPSA) is 102 Å². The Morgan fingerprint density at radius 2 is 1.48 bits per heavy atom. The van der Waals surface area contributed by atoms with Crippen molar-refractivity contribution in [2.45, 2.75) is 115 Å². The first-order chi connectivity index (χ1) is 14.0. The standard InChI is InChI=1S/C22H40O7/c1-3-5-7-9-11-13-19(25)28-18(15-23)22-21(17(24)16-27-22)29-20(26)14-12-10-8-6-4-2/h17-18,21-24H,3-16H2,1-2H3/t17-,18+,21+,22+/m0/s1. The van der Waals surface area contributed by atoms with Gasteiger partial charge in [0.1, 0.15) is 12.2 Å². The molecule has 7 heteroatoms. The maximum atomic E-state index is 12.1. The Morgan fingerprint density at radius 1 is 0.931 bits per heavy atom. The first-order valence-corrected chi connectivity index (χ1v) is 11.3. The van der Waals surface area contributed by atoms with Crippen molar-refractivity contribution < 1.29 is 34.0 Å². The van der Waals surface area contributed by atoms with Gasteiger partial charge in [0, 0.05) is 12.8 Å². The summed E-state index contributed by atoms with van der Waals surface area (Å²) in [6.45, 7) is 3.78. The van der Waals surface area contributed by atoms with Gasteiger partial charge < -0.3 is 24.4 Å². The van der Waals surface area contributed by atoms with Crippen molar-refractivity contribution in [1.29, 1.82) is 0 Å². The van der Waals surface area contributed by atoms with Gasteiger partial charge in [0.05, 0.1) is 13.2 Å². The van der Waals surface area contributed by atoms with Crippen LogP contribution in [0.4, 0.5) is 0 Å². The van der Waals surface area contributed by atoms with Crippen LogP contribution in [0.5, 0.6) is 0 Å². The highest BCUT2D eigenvalue weighted by molar-refractivity contribution is 5.70. The number of rotatable bonds is 16. The molecule has 0 aromatic carbocycles. The zero-order valence-electron chi connectivity index (χ0n) is 18.1. The van der Waals surface area contributed by atoms with E-state index in [1.165, 1.54) is 0 Å². The lowest BCUT2D eigenvalue weighted by Gasteiger charge is -2.27. The Labute approximate surface area is 175 Å². The smallest absolute Gasteiger partial charge is 0.306 e. The van der Waals surface area contributed by atoms with Gasteiger partial charge in [-0.3, -0.25) is 9.59 Å². The first kappa shape index (κ1) is 25.9. The fraction of sp³-hybridized carbons (Fsp3) is 0.909. The number of aliphatic hydroxyl groups excluding tert-OH is 2. The third-order valence-corrected chi connectivity index (χ3v) is 5.23. The normalized spacial score (nSPS) is 22.4. The molecule has 1 saturated heterocycles. The van der Waals surface area contributed by atoms with E-state index in [1.54, 1.807) is 0 Å². The molecule has 1 rings (SSSR count). The van der Waals surface area contributed by atoms with Gasteiger partial charge >= 0.3 is 11.9 Å². The lowest BCUT2D eigenvalue weighted by atomic mass is 10.1. The molecule has 2 N–H and O–H groups in total. The molecule has 0 aromatic heterocycles. The van der Waals surface area contributed by atoms with Crippen LogP contribution < -0.4 is 0 Å². The molecule has 0 saturated carbocycles. The van der Waals surface area contributed by atoms with Crippen LogP contribution in [0.3, 0.4) is 0 Å². The van der Waals surface area contributed by atoms with Crippen molar-refractivity contribution in [2.75, 3.05) is 13.2 Å². The van der Waals surface area contributed by atoms with Crippen LogP contribution in [-0.4, -0.2) is 59.8 Å². The van der Waals surface area contributed by atoms with E-state index in [-0.39, 0.29) is 19.4 Å². The molecule has 1 aliphatic rings. The fourth-order valence-electron chi connectivity index (χ4n) is 3.48. The van der Waals surface area contributed by atoms with E-state index in [2.05, 4.69) is 13.8 Å². The molecule has 0 radical (unpaired) electrons. The highest BCUT2D eigenvalue weighted by atomic mass is 16.6. The zero-order chi connectivity index (χ0) is 21.5. The van der Waals surface area contributed by atoms with E-state index < -0.39 is 43.0 Å². The maximum Gasteiger partial charge on any atom is 0.306 e. The number of esters is 2. The zero-order valence-corrected chi connectivity index (χ0v) is 18.1. The highest BCUT2D eigenvalue weighted by Gasteiger charge is 2.45. The molecule has 0 aromatic rings. The van der Waals surface area contributed by atoms with E-state index in [0.29, 0.717) is 0 Å². The Balaban J connectivity index is 2.44. The molecule has 1 aliphatic heterocycles. The fourth-order valence-corrected chi connectivity index (χ4v) is 3.48. The summed E-state index contributed by atoms with van der Waals surface area (Å²) in [5.41, 5.74) is 0. The number of hydrogen-bond acceptors (Lipinski definition) is 7. The minimum atomic E-state index is -0.995. The number of aliphatic hydroxyl groups is 2. The molecule has 1 heterocycles. The van der Waals surface area contributed by atoms with Crippen LogP contribution in [0.2, 0.25) is 0 Å². The molecule has 7 nitrogen and oxygen atoms in total. The van der Waals surface area contributed by atoms with Gasteiger partial charge in [-0.2, -0.15) is 0 Å². The first-order valence-electron chi connectivity index (χ1n) is 11.3. The molecule has 29 heavy (non-hydrogen) atoms. The summed E-state index contributed by atoms with van der Waals surface area (Å²) in [7, 11) is 0. The molecule has 0 bridgehead atoms. The molecule has 1 fully saturated rings. The monoisotopic (exact) mass is 416 g/mol. The average molecular weight is 417 g/mol. The molecular formula is C22H40O7. The van der Waals surface area contributed by atoms with E-state index >= 15 is 0 Å². The Morgan fingerprint density at radius 3 is 2.03 bits per heavy atom. The summed E-state index contributed by atoms with van der Waals surface area (Å²) < 4.78 is 16.3. The van der Waals surface area contributed by atoms with Crippen molar-refractivity contribution in [3.8, 4) is 0 Å². The summed E-state index contributed by atoms with van der Waals surface area (Å²) in [6, 6.07) is 0. The van der Waals surface area contributed by atoms with Gasteiger partial charge in [-0.15, -0.1) is 0 Å². The second-order valence-electron chi connectivity index (χ2n) is 7.86. The summed E-state index contributed by atoms with van der Waals surface area (Å²) in [5.74, 6) is -0.813. The van der Waals surface area contributed by atoms with Crippen LogP contribution in [0, 0.1) is 0 Å². The van der Waals surface area contributed by atoms with E-state index in [4.69, 9.17) is 14.2 Å². The summed E-state index contributed by atoms with van der Waals surface area (Å²) >= 11 is 0. The van der Waals surface area contributed by atoms with E-state index in [1.807, 2.05) is 0 Å². The van der Waals surface area contributed by atoms with Crippen LogP contribution in [0.15, 0.2) is 0 Å².